The number of ether oxygens (including phenoxy) is 1. The molecule has 0 unspecified atom stereocenters. The number of aryl methyl sites for hydroxylation is 1. The van der Waals surface area contributed by atoms with Crippen molar-refractivity contribution < 1.29 is 23.5 Å². The van der Waals surface area contributed by atoms with Gasteiger partial charge in [-0.15, -0.1) is 0 Å². The monoisotopic (exact) mass is 587 g/mol. The largest absolute Gasteiger partial charge is 0.455 e. The Balaban J connectivity index is 1.34. The van der Waals surface area contributed by atoms with Crippen LogP contribution in [0.1, 0.15) is 22.8 Å². The van der Waals surface area contributed by atoms with Gasteiger partial charge in [-0.05, 0) is 83.9 Å². The van der Waals surface area contributed by atoms with Crippen molar-refractivity contribution in [1.82, 2.24) is 4.90 Å². The third-order valence-electron chi connectivity index (χ3n) is 5.95. The number of piperazine rings is 1. The van der Waals surface area contributed by atoms with E-state index in [4.69, 9.17) is 16.3 Å². The van der Waals surface area contributed by atoms with Crippen LogP contribution < -0.4 is 15.0 Å². The predicted molar refractivity (Wildman–Crippen MR) is 144 cm³/mol. The zero-order chi connectivity index (χ0) is 26.7. The third-order valence-corrected chi connectivity index (χ3v) is 6.87. The second-order valence-corrected chi connectivity index (χ2v) is 9.90. The Labute approximate surface area is 227 Å². The van der Waals surface area contributed by atoms with Crippen molar-refractivity contribution in [2.24, 2.45) is 0 Å². The molecule has 1 heterocycles. The molecule has 1 aliphatic heterocycles. The molecule has 7 nitrogen and oxygen atoms in total. The Bertz CT molecular complexity index is 1380. The first kappa shape index (κ1) is 26.6. The zero-order valence-corrected chi connectivity index (χ0v) is 22.5. The fourth-order valence-electron chi connectivity index (χ4n) is 3.93. The van der Waals surface area contributed by atoms with Crippen molar-refractivity contribution >= 4 is 56.5 Å². The van der Waals surface area contributed by atoms with Crippen molar-refractivity contribution in [3.8, 4) is 11.5 Å². The second-order valence-electron chi connectivity index (χ2n) is 8.64. The number of carbonyl (C=O) groups excluding carboxylic acids is 3. The van der Waals surface area contributed by atoms with E-state index in [0.29, 0.717) is 41.5 Å². The summed E-state index contributed by atoms with van der Waals surface area (Å²) >= 11 is 9.80. The van der Waals surface area contributed by atoms with Gasteiger partial charge in [-0.1, -0.05) is 17.7 Å². The minimum atomic E-state index is -0.795. The molecule has 3 aromatic carbocycles. The molecule has 0 spiro atoms. The van der Waals surface area contributed by atoms with Gasteiger partial charge in [-0.2, -0.15) is 0 Å². The molecule has 1 saturated heterocycles. The molecule has 3 aromatic rings. The van der Waals surface area contributed by atoms with Crippen molar-refractivity contribution in [3.05, 3.63) is 81.0 Å². The minimum Gasteiger partial charge on any atom is -0.455 e. The summed E-state index contributed by atoms with van der Waals surface area (Å²) in [5.41, 5.74) is 2.08. The van der Waals surface area contributed by atoms with Crippen LogP contribution in [0.3, 0.4) is 0 Å². The summed E-state index contributed by atoms with van der Waals surface area (Å²) in [5, 5.41) is 2.84. The number of nitrogens with one attached hydrogen (secondary N) is 1. The third kappa shape index (κ3) is 6.29. The summed E-state index contributed by atoms with van der Waals surface area (Å²) in [5.74, 6) is -1.20. The predicted octanol–water partition coefficient (Wildman–Crippen LogP) is 5.83. The van der Waals surface area contributed by atoms with E-state index in [0.717, 1.165) is 10.0 Å². The Hall–Kier alpha value is -3.43. The number of carbonyl (C=O) groups is 3. The molecule has 1 N–H and O–H groups in total. The Morgan fingerprint density at radius 2 is 1.68 bits per heavy atom. The van der Waals surface area contributed by atoms with Crippen LogP contribution in [0.15, 0.2) is 59.1 Å². The quantitative estimate of drug-likeness (QED) is 0.300. The highest BCUT2D eigenvalue weighted by molar-refractivity contribution is 9.10. The number of ketones is 1. The lowest BCUT2D eigenvalue weighted by Crippen LogP contribution is -2.51. The lowest BCUT2D eigenvalue weighted by Gasteiger charge is -2.35. The lowest BCUT2D eigenvalue weighted by atomic mass is 10.1. The number of anilines is 2. The first-order valence-electron chi connectivity index (χ1n) is 11.5. The normalized spacial score (nSPS) is 13.3. The van der Waals surface area contributed by atoms with Crippen molar-refractivity contribution in [2.75, 3.05) is 36.4 Å². The molecule has 192 valence electrons. The topological polar surface area (TPSA) is 79.0 Å². The van der Waals surface area contributed by atoms with E-state index in [2.05, 4.69) is 21.2 Å². The molecule has 1 fully saturated rings. The lowest BCUT2D eigenvalue weighted by molar-refractivity contribution is -0.143. The number of Topliss-reactive ketones (excluding diaryl/α,β-unsaturated/α-hetero) is 1. The van der Waals surface area contributed by atoms with E-state index in [1.165, 1.54) is 24.0 Å². The first-order chi connectivity index (χ1) is 17.6. The summed E-state index contributed by atoms with van der Waals surface area (Å²) in [6, 6.07) is 14.7. The Morgan fingerprint density at radius 3 is 2.30 bits per heavy atom. The van der Waals surface area contributed by atoms with Crippen LogP contribution in [0.25, 0.3) is 0 Å². The highest BCUT2D eigenvalue weighted by atomic mass is 79.9. The number of benzene rings is 3. The first-order valence-corrected chi connectivity index (χ1v) is 12.7. The number of nitrogens with zero attached hydrogens (tertiary/aromatic N) is 2. The SMILES string of the molecule is CC(=O)c1ccc(N2CCN(C(=O)C(=O)Nc3ccc(Oc4ccc(C)cc4Br)c(Cl)c3)CC2)c(F)c1. The maximum atomic E-state index is 14.5. The fourth-order valence-corrected chi connectivity index (χ4v) is 4.72. The molecule has 4 rings (SSSR count). The van der Waals surface area contributed by atoms with Gasteiger partial charge in [-0.25, -0.2) is 4.39 Å². The van der Waals surface area contributed by atoms with E-state index >= 15 is 0 Å². The van der Waals surface area contributed by atoms with E-state index in [1.54, 1.807) is 29.2 Å². The van der Waals surface area contributed by atoms with Crippen LogP contribution in [-0.4, -0.2) is 48.7 Å². The summed E-state index contributed by atoms with van der Waals surface area (Å²) < 4.78 is 21.1. The van der Waals surface area contributed by atoms with E-state index in [9.17, 15) is 18.8 Å². The highest BCUT2D eigenvalue weighted by Gasteiger charge is 2.27. The fraction of sp³-hybridized carbons (Fsp3) is 0.222. The number of hydrogen-bond donors (Lipinski definition) is 1. The second kappa shape index (κ2) is 11.3. The summed E-state index contributed by atoms with van der Waals surface area (Å²) in [7, 11) is 0. The zero-order valence-electron chi connectivity index (χ0n) is 20.2. The molecule has 0 aliphatic carbocycles. The Kier molecular flexibility index (Phi) is 8.14. The summed E-state index contributed by atoms with van der Waals surface area (Å²) in [6.45, 7) is 4.54. The number of rotatable bonds is 5. The molecular formula is C27H24BrClFN3O4. The molecule has 1 aliphatic rings. The minimum absolute atomic E-state index is 0.213. The maximum Gasteiger partial charge on any atom is 0.313 e. The van der Waals surface area contributed by atoms with Gasteiger partial charge in [0.1, 0.15) is 17.3 Å². The van der Waals surface area contributed by atoms with Crippen LogP contribution in [0.2, 0.25) is 5.02 Å². The molecule has 0 aromatic heterocycles. The van der Waals surface area contributed by atoms with Crippen molar-refractivity contribution in [2.45, 2.75) is 13.8 Å². The highest BCUT2D eigenvalue weighted by Crippen LogP contribution is 2.35. The van der Waals surface area contributed by atoms with Crippen molar-refractivity contribution in [3.63, 3.8) is 0 Å². The average Bonchev–Trinajstić information content (AvgIpc) is 2.86. The summed E-state index contributed by atoms with van der Waals surface area (Å²) in [6.07, 6.45) is 0. The molecular weight excluding hydrogens is 565 g/mol. The van der Waals surface area contributed by atoms with Gasteiger partial charge in [0.2, 0.25) is 0 Å². The summed E-state index contributed by atoms with van der Waals surface area (Å²) in [4.78, 5) is 40.0. The van der Waals surface area contributed by atoms with Gasteiger partial charge in [0, 0.05) is 37.4 Å². The van der Waals surface area contributed by atoms with E-state index < -0.39 is 17.6 Å². The molecule has 0 saturated carbocycles. The standard InChI is InChI=1S/C27H24BrClFN3O4/c1-16-3-7-24(20(28)13-16)37-25-8-5-19(15-21(25)29)31-26(35)27(36)33-11-9-32(10-12-33)23-6-4-18(17(2)34)14-22(23)30/h3-8,13-15H,9-12H2,1-2H3,(H,31,35). The molecule has 37 heavy (non-hydrogen) atoms. The van der Waals surface area contributed by atoms with Crippen LogP contribution in [-0.2, 0) is 9.59 Å². The number of hydrogen-bond acceptors (Lipinski definition) is 5. The maximum absolute atomic E-state index is 14.5. The molecule has 0 radical (unpaired) electrons. The van der Waals surface area contributed by atoms with Crippen LogP contribution in [0.5, 0.6) is 11.5 Å². The van der Waals surface area contributed by atoms with Crippen molar-refractivity contribution in [1.29, 1.82) is 0 Å². The van der Waals surface area contributed by atoms with Gasteiger partial charge in [-0.3, -0.25) is 14.4 Å². The van der Waals surface area contributed by atoms with Gasteiger partial charge < -0.3 is 19.9 Å². The Morgan fingerprint density at radius 1 is 0.973 bits per heavy atom. The van der Waals surface area contributed by atoms with Gasteiger partial charge in [0.25, 0.3) is 0 Å². The smallest absolute Gasteiger partial charge is 0.313 e. The van der Waals surface area contributed by atoms with Crippen LogP contribution >= 0.6 is 27.5 Å². The molecule has 2 amide bonds. The number of halogens is 3. The number of amides is 2. The van der Waals surface area contributed by atoms with Gasteiger partial charge in [0.05, 0.1) is 15.2 Å². The van der Waals surface area contributed by atoms with Gasteiger partial charge >= 0.3 is 11.8 Å². The average molecular weight is 589 g/mol. The van der Waals surface area contributed by atoms with Crippen LogP contribution in [0.4, 0.5) is 15.8 Å². The van der Waals surface area contributed by atoms with Gasteiger partial charge in [0.15, 0.2) is 5.78 Å². The molecule has 0 atom stereocenters. The van der Waals surface area contributed by atoms with E-state index in [-0.39, 0.29) is 23.9 Å². The molecule has 10 heteroatoms. The van der Waals surface area contributed by atoms with Crippen LogP contribution in [0, 0.1) is 12.7 Å². The molecule has 0 bridgehead atoms. The van der Waals surface area contributed by atoms with E-state index in [1.807, 2.05) is 25.1 Å².